The molecule has 0 aromatic rings. The van der Waals surface area contributed by atoms with Gasteiger partial charge in [0.25, 0.3) is 0 Å². The summed E-state index contributed by atoms with van der Waals surface area (Å²) < 4.78 is 6.34. The maximum absolute atomic E-state index is 6.76. The van der Waals surface area contributed by atoms with E-state index in [1.54, 1.807) is 0 Å². The van der Waals surface area contributed by atoms with Gasteiger partial charge in [0.1, 0.15) is 0 Å². The van der Waals surface area contributed by atoms with Gasteiger partial charge in [0.05, 0.1) is 11.2 Å². The van der Waals surface area contributed by atoms with Crippen LogP contribution in [0.5, 0.6) is 0 Å². The summed E-state index contributed by atoms with van der Waals surface area (Å²) in [5.41, 5.74) is 0.186. The maximum Gasteiger partial charge on any atom is 0.0668 e. The highest BCUT2D eigenvalue weighted by Gasteiger charge is 2.55. The molecule has 20 heavy (non-hydrogen) atoms. The second-order valence-electron chi connectivity index (χ2n) is 9.08. The highest BCUT2D eigenvalue weighted by molar-refractivity contribution is 6.20. The maximum atomic E-state index is 6.76. The van der Waals surface area contributed by atoms with Crippen LogP contribution in [0.4, 0.5) is 0 Å². The van der Waals surface area contributed by atoms with Gasteiger partial charge in [-0.25, -0.2) is 0 Å². The van der Waals surface area contributed by atoms with Crippen molar-refractivity contribution in [1.82, 2.24) is 0 Å². The van der Waals surface area contributed by atoms with Crippen LogP contribution in [0.15, 0.2) is 0 Å². The van der Waals surface area contributed by atoms with Gasteiger partial charge in [-0.3, -0.25) is 0 Å². The molecule has 1 aliphatic heterocycles. The van der Waals surface area contributed by atoms with Crippen LogP contribution in [0.1, 0.15) is 74.1 Å². The van der Waals surface area contributed by atoms with Crippen molar-refractivity contribution < 1.29 is 4.74 Å². The van der Waals surface area contributed by atoms with Crippen molar-refractivity contribution in [2.75, 3.05) is 0 Å². The molecule has 0 radical (unpaired) electrons. The van der Waals surface area contributed by atoms with Crippen LogP contribution in [-0.2, 0) is 4.74 Å². The standard InChI is InChI=1S/C18H33ClO/c1-12-8-9-13(14(19)10-12)17(4,5)15-11-16(2,3)20-18(15,6)7/h12-15H,8-11H2,1-7H3. The summed E-state index contributed by atoms with van der Waals surface area (Å²) in [6.07, 6.45) is 4.92. The van der Waals surface area contributed by atoms with Gasteiger partial charge >= 0.3 is 0 Å². The summed E-state index contributed by atoms with van der Waals surface area (Å²) in [7, 11) is 0. The molecule has 1 saturated heterocycles. The molecule has 0 aromatic heterocycles. The third-order valence-corrected chi connectivity index (χ3v) is 6.44. The van der Waals surface area contributed by atoms with Gasteiger partial charge in [0.15, 0.2) is 0 Å². The van der Waals surface area contributed by atoms with E-state index in [0.29, 0.717) is 17.2 Å². The Kier molecular flexibility index (Phi) is 4.29. The highest BCUT2D eigenvalue weighted by atomic mass is 35.5. The Bertz CT molecular complexity index is 358. The van der Waals surface area contributed by atoms with E-state index < -0.39 is 0 Å². The molecule has 0 amide bonds. The fourth-order valence-corrected chi connectivity index (χ4v) is 5.88. The molecule has 4 atom stereocenters. The molecule has 1 heterocycles. The Morgan fingerprint density at radius 3 is 2.15 bits per heavy atom. The third kappa shape index (κ3) is 3.04. The molecule has 2 rings (SSSR count). The van der Waals surface area contributed by atoms with Crippen molar-refractivity contribution in [2.24, 2.45) is 23.2 Å². The summed E-state index contributed by atoms with van der Waals surface area (Å²) in [5.74, 6) is 1.97. The summed E-state index contributed by atoms with van der Waals surface area (Å²) in [5, 5.41) is 0.327. The van der Waals surface area contributed by atoms with E-state index in [-0.39, 0.29) is 16.6 Å². The average molecular weight is 301 g/mol. The fourth-order valence-electron chi connectivity index (χ4n) is 5.13. The first-order valence-electron chi connectivity index (χ1n) is 8.30. The Hall–Kier alpha value is 0.250. The minimum Gasteiger partial charge on any atom is -0.369 e. The topological polar surface area (TPSA) is 9.23 Å². The first-order chi connectivity index (χ1) is 8.96. The molecule has 0 bridgehead atoms. The van der Waals surface area contributed by atoms with Gasteiger partial charge in [-0.2, -0.15) is 0 Å². The molecular formula is C18H33ClO. The summed E-state index contributed by atoms with van der Waals surface area (Å²) in [4.78, 5) is 0. The SMILES string of the molecule is CC1CCC(C(C)(C)C2CC(C)(C)OC2(C)C)C(Cl)C1. The molecule has 118 valence electrons. The lowest BCUT2D eigenvalue weighted by Crippen LogP contribution is -2.46. The second kappa shape index (κ2) is 5.16. The quantitative estimate of drug-likeness (QED) is 0.599. The smallest absolute Gasteiger partial charge is 0.0668 e. The molecule has 0 N–H and O–H groups in total. The Labute approximate surface area is 130 Å². The zero-order valence-corrected chi connectivity index (χ0v) is 15.2. The zero-order chi connectivity index (χ0) is 15.3. The van der Waals surface area contributed by atoms with Crippen LogP contribution in [-0.4, -0.2) is 16.6 Å². The minimum absolute atomic E-state index is 0.00476. The van der Waals surface area contributed by atoms with Crippen LogP contribution in [0, 0.1) is 23.2 Å². The van der Waals surface area contributed by atoms with E-state index in [1.165, 1.54) is 19.3 Å². The van der Waals surface area contributed by atoms with Crippen molar-refractivity contribution in [3.8, 4) is 0 Å². The van der Waals surface area contributed by atoms with Crippen molar-refractivity contribution in [2.45, 2.75) is 90.7 Å². The molecule has 1 aliphatic carbocycles. The Morgan fingerprint density at radius 1 is 1.10 bits per heavy atom. The molecule has 2 fully saturated rings. The van der Waals surface area contributed by atoms with Crippen molar-refractivity contribution in [3.05, 3.63) is 0 Å². The van der Waals surface area contributed by atoms with E-state index in [0.717, 1.165) is 12.3 Å². The summed E-state index contributed by atoms with van der Waals surface area (Å²) in [6, 6.07) is 0. The lowest BCUT2D eigenvalue weighted by atomic mass is 9.58. The predicted molar refractivity (Wildman–Crippen MR) is 87.3 cm³/mol. The molecule has 4 unspecified atom stereocenters. The van der Waals surface area contributed by atoms with Crippen LogP contribution in [0.3, 0.4) is 0 Å². The third-order valence-electron chi connectivity index (χ3n) is 5.96. The van der Waals surface area contributed by atoms with Gasteiger partial charge in [-0.15, -0.1) is 11.6 Å². The molecule has 1 saturated carbocycles. The molecule has 2 heteroatoms. The predicted octanol–water partition coefficient (Wildman–Crippen LogP) is 5.65. The van der Waals surface area contributed by atoms with Crippen LogP contribution in [0.25, 0.3) is 0 Å². The number of ether oxygens (including phenoxy) is 1. The second-order valence-corrected chi connectivity index (χ2v) is 9.64. The van der Waals surface area contributed by atoms with Gasteiger partial charge in [-0.1, -0.05) is 27.2 Å². The monoisotopic (exact) mass is 300 g/mol. The van der Waals surface area contributed by atoms with Crippen molar-refractivity contribution >= 4 is 11.6 Å². The van der Waals surface area contributed by atoms with Gasteiger partial charge in [-0.05, 0) is 70.1 Å². The average Bonchev–Trinajstić information content (AvgIpc) is 2.46. The number of halogens is 1. The van der Waals surface area contributed by atoms with Gasteiger partial charge in [0.2, 0.25) is 0 Å². The summed E-state index contributed by atoms with van der Waals surface area (Å²) >= 11 is 6.76. The van der Waals surface area contributed by atoms with Crippen LogP contribution in [0.2, 0.25) is 0 Å². The van der Waals surface area contributed by atoms with E-state index in [2.05, 4.69) is 48.5 Å². The normalized spacial score (nSPS) is 40.8. The number of rotatable bonds is 2. The van der Waals surface area contributed by atoms with Crippen molar-refractivity contribution in [1.29, 1.82) is 0 Å². The number of alkyl halides is 1. The van der Waals surface area contributed by atoms with E-state index >= 15 is 0 Å². The summed E-state index contributed by atoms with van der Waals surface area (Å²) in [6.45, 7) is 16.2. The number of hydrogen-bond donors (Lipinski definition) is 0. The first kappa shape index (κ1) is 16.6. The van der Waals surface area contributed by atoms with E-state index in [1.807, 2.05) is 0 Å². The van der Waals surface area contributed by atoms with Crippen LogP contribution < -0.4 is 0 Å². The largest absolute Gasteiger partial charge is 0.369 e. The minimum atomic E-state index is -0.0489. The molecule has 1 nitrogen and oxygen atoms in total. The Balaban J connectivity index is 2.21. The highest BCUT2D eigenvalue weighted by Crippen LogP contribution is 2.56. The Morgan fingerprint density at radius 2 is 1.70 bits per heavy atom. The molecule has 0 spiro atoms. The zero-order valence-electron chi connectivity index (χ0n) is 14.4. The lowest BCUT2D eigenvalue weighted by Gasteiger charge is -2.48. The lowest BCUT2D eigenvalue weighted by molar-refractivity contribution is -0.0946. The molecular weight excluding hydrogens is 268 g/mol. The van der Waals surface area contributed by atoms with Gasteiger partial charge < -0.3 is 4.74 Å². The van der Waals surface area contributed by atoms with Gasteiger partial charge in [0, 0.05) is 5.38 Å². The van der Waals surface area contributed by atoms with E-state index in [4.69, 9.17) is 16.3 Å². The number of hydrogen-bond acceptors (Lipinski definition) is 1. The van der Waals surface area contributed by atoms with E-state index in [9.17, 15) is 0 Å². The fraction of sp³-hybridized carbons (Fsp3) is 1.00. The first-order valence-corrected chi connectivity index (χ1v) is 8.73. The molecule has 0 aromatic carbocycles. The van der Waals surface area contributed by atoms with Crippen molar-refractivity contribution in [3.63, 3.8) is 0 Å². The van der Waals surface area contributed by atoms with Crippen LogP contribution >= 0.6 is 11.6 Å². The molecule has 2 aliphatic rings.